The predicted molar refractivity (Wildman–Crippen MR) is 87.1 cm³/mol. The fraction of sp³-hybridized carbons (Fsp3) is 0.125. The third-order valence-electron chi connectivity index (χ3n) is 2.93. The van der Waals surface area contributed by atoms with E-state index in [-0.39, 0.29) is 5.69 Å². The molecule has 0 saturated carbocycles. The predicted octanol–water partition coefficient (Wildman–Crippen LogP) is 4.00. The molecule has 0 saturated heterocycles. The van der Waals surface area contributed by atoms with Crippen LogP contribution in [0.2, 0.25) is 0 Å². The van der Waals surface area contributed by atoms with Crippen molar-refractivity contribution < 1.29 is 18.4 Å². The molecule has 0 unspecified atom stereocenters. The van der Waals surface area contributed by atoms with Gasteiger partial charge in [0.15, 0.2) is 0 Å². The summed E-state index contributed by atoms with van der Waals surface area (Å²) < 4.78 is 26.9. The van der Waals surface area contributed by atoms with Gasteiger partial charge in [-0.2, -0.15) is 0 Å². The van der Waals surface area contributed by atoms with E-state index >= 15 is 0 Å². The van der Waals surface area contributed by atoms with Crippen molar-refractivity contribution in [3.05, 3.63) is 58.1 Å². The Kier molecular flexibility index (Phi) is 5.44. The van der Waals surface area contributed by atoms with E-state index in [4.69, 9.17) is 0 Å². The highest BCUT2D eigenvalue weighted by Gasteiger charge is 2.13. The molecule has 2 rings (SSSR count). The maximum Gasteiger partial charge on any atom is 0.233 e. The lowest BCUT2D eigenvalue weighted by Gasteiger charge is -2.09. The molecule has 23 heavy (non-hydrogen) atoms. The second-order valence-electron chi connectivity index (χ2n) is 4.88. The third kappa shape index (κ3) is 4.85. The Balaban J connectivity index is 1.95. The van der Waals surface area contributed by atoms with Crippen molar-refractivity contribution in [1.29, 1.82) is 0 Å². The normalized spacial score (nSPS) is 10.3. The lowest BCUT2D eigenvalue weighted by atomic mass is 10.2. The molecule has 0 radical (unpaired) electrons. The smallest absolute Gasteiger partial charge is 0.233 e. The number of hydrogen-bond donors (Lipinski definition) is 2. The van der Waals surface area contributed by atoms with Gasteiger partial charge >= 0.3 is 0 Å². The summed E-state index contributed by atoms with van der Waals surface area (Å²) in [6.07, 6.45) is -0.489. The lowest BCUT2D eigenvalue weighted by molar-refractivity contribution is -0.123. The van der Waals surface area contributed by atoms with Gasteiger partial charge in [0.2, 0.25) is 11.8 Å². The Morgan fingerprint density at radius 2 is 1.61 bits per heavy atom. The van der Waals surface area contributed by atoms with Gasteiger partial charge in [-0.15, -0.1) is 0 Å². The highest BCUT2D eigenvalue weighted by Crippen LogP contribution is 2.23. The number of halogens is 3. The summed E-state index contributed by atoms with van der Waals surface area (Å²) in [7, 11) is 0. The second kappa shape index (κ2) is 7.32. The highest BCUT2D eigenvalue weighted by atomic mass is 79.9. The minimum absolute atomic E-state index is 0.180. The van der Waals surface area contributed by atoms with E-state index in [0.717, 1.165) is 17.7 Å². The highest BCUT2D eigenvalue weighted by molar-refractivity contribution is 9.10. The number of benzene rings is 2. The summed E-state index contributed by atoms with van der Waals surface area (Å²) in [4.78, 5) is 23.6. The van der Waals surface area contributed by atoms with Crippen LogP contribution < -0.4 is 10.6 Å². The summed E-state index contributed by atoms with van der Waals surface area (Å²) >= 11 is 3.31. The molecule has 0 aliphatic heterocycles. The number of amides is 2. The molecule has 0 aromatic heterocycles. The first-order valence-corrected chi connectivity index (χ1v) is 7.45. The molecule has 0 fully saturated rings. The van der Waals surface area contributed by atoms with Crippen LogP contribution in [0.5, 0.6) is 0 Å². The maximum absolute atomic E-state index is 13.4. The number of carbonyl (C=O) groups excluding carboxylic acids is 2. The quantitative estimate of drug-likeness (QED) is 0.785. The van der Waals surface area contributed by atoms with Gasteiger partial charge in [-0.25, -0.2) is 8.78 Å². The van der Waals surface area contributed by atoms with Crippen LogP contribution >= 0.6 is 15.9 Å². The van der Waals surface area contributed by atoms with E-state index in [1.165, 1.54) is 0 Å². The van der Waals surface area contributed by atoms with Gasteiger partial charge in [-0.1, -0.05) is 6.07 Å². The standard InChI is InChI=1S/C16H13BrF2N2O2/c1-9-2-4-13(11(17)6-9)20-15(22)8-16(23)21-14-5-3-10(18)7-12(14)19/h2-7H,8H2,1H3,(H,20,22)(H,21,23). The molecule has 0 spiro atoms. The molecule has 2 aromatic carbocycles. The van der Waals surface area contributed by atoms with Crippen LogP contribution in [0.1, 0.15) is 12.0 Å². The topological polar surface area (TPSA) is 58.2 Å². The number of rotatable bonds is 4. The largest absolute Gasteiger partial charge is 0.325 e. The van der Waals surface area contributed by atoms with Crippen LogP contribution in [0, 0.1) is 18.6 Å². The maximum atomic E-state index is 13.4. The molecule has 2 N–H and O–H groups in total. The fourth-order valence-electron chi connectivity index (χ4n) is 1.85. The van der Waals surface area contributed by atoms with Crippen molar-refractivity contribution in [2.45, 2.75) is 13.3 Å². The van der Waals surface area contributed by atoms with E-state index in [1.807, 2.05) is 19.1 Å². The minimum Gasteiger partial charge on any atom is -0.325 e. The van der Waals surface area contributed by atoms with E-state index in [0.29, 0.717) is 16.2 Å². The number of carbonyl (C=O) groups is 2. The van der Waals surface area contributed by atoms with Gasteiger partial charge in [0.25, 0.3) is 0 Å². The molecule has 0 atom stereocenters. The Bertz CT molecular complexity index is 702. The Morgan fingerprint density at radius 1 is 1.00 bits per heavy atom. The van der Waals surface area contributed by atoms with Crippen molar-refractivity contribution in [3.8, 4) is 0 Å². The van der Waals surface area contributed by atoms with Crippen molar-refractivity contribution in [1.82, 2.24) is 0 Å². The van der Waals surface area contributed by atoms with Crippen LogP contribution in [0.15, 0.2) is 40.9 Å². The van der Waals surface area contributed by atoms with Gasteiger partial charge in [0.05, 0.1) is 11.4 Å². The summed E-state index contributed by atoms with van der Waals surface area (Å²) in [6, 6.07) is 8.10. The van der Waals surface area contributed by atoms with Crippen LogP contribution in [-0.2, 0) is 9.59 Å². The van der Waals surface area contributed by atoms with E-state index in [2.05, 4.69) is 26.6 Å². The summed E-state index contributed by atoms with van der Waals surface area (Å²) in [5, 5.41) is 4.80. The summed E-state index contributed by atoms with van der Waals surface area (Å²) in [5.74, 6) is -2.90. The number of hydrogen-bond acceptors (Lipinski definition) is 2. The van der Waals surface area contributed by atoms with Gasteiger partial charge in [-0.05, 0) is 52.7 Å². The number of nitrogens with one attached hydrogen (secondary N) is 2. The molecule has 0 aliphatic rings. The molecule has 0 bridgehead atoms. The lowest BCUT2D eigenvalue weighted by Crippen LogP contribution is -2.22. The first-order chi connectivity index (χ1) is 10.8. The van der Waals surface area contributed by atoms with Gasteiger partial charge in [0.1, 0.15) is 18.1 Å². The Morgan fingerprint density at radius 3 is 2.22 bits per heavy atom. The third-order valence-corrected chi connectivity index (χ3v) is 3.58. The second-order valence-corrected chi connectivity index (χ2v) is 5.73. The molecular formula is C16H13BrF2N2O2. The summed E-state index contributed by atoms with van der Waals surface area (Å²) in [6.45, 7) is 1.90. The van der Waals surface area contributed by atoms with Crippen molar-refractivity contribution in [3.63, 3.8) is 0 Å². The molecule has 2 amide bonds. The summed E-state index contributed by atoms with van der Waals surface area (Å²) in [5.41, 5.74) is 1.36. The van der Waals surface area contributed by atoms with Crippen molar-refractivity contribution in [2.75, 3.05) is 10.6 Å². The first-order valence-electron chi connectivity index (χ1n) is 6.66. The van der Waals surface area contributed by atoms with Gasteiger partial charge < -0.3 is 10.6 Å². The van der Waals surface area contributed by atoms with Crippen LogP contribution in [-0.4, -0.2) is 11.8 Å². The molecule has 4 nitrogen and oxygen atoms in total. The monoisotopic (exact) mass is 382 g/mol. The molecule has 0 aliphatic carbocycles. The van der Waals surface area contributed by atoms with E-state index < -0.39 is 29.9 Å². The molecule has 7 heteroatoms. The van der Waals surface area contributed by atoms with Crippen molar-refractivity contribution in [2.24, 2.45) is 0 Å². The average molecular weight is 383 g/mol. The zero-order valence-corrected chi connectivity index (χ0v) is 13.7. The average Bonchev–Trinajstić information content (AvgIpc) is 2.45. The first kappa shape index (κ1) is 17.1. The van der Waals surface area contributed by atoms with E-state index in [1.54, 1.807) is 6.07 Å². The zero-order valence-electron chi connectivity index (χ0n) is 12.1. The zero-order chi connectivity index (χ0) is 17.0. The Labute approximate surface area is 140 Å². The fourth-order valence-corrected chi connectivity index (χ4v) is 2.44. The van der Waals surface area contributed by atoms with Gasteiger partial charge in [-0.3, -0.25) is 9.59 Å². The number of anilines is 2. The molecular weight excluding hydrogens is 370 g/mol. The minimum atomic E-state index is -0.903. The molecule has 120 valence electrons. The van der Waals surface area contributed by atoms with Gasteiger partial charge in [0, 0.05) is 10.5 Å². The molecule has 0 heterocycles. The van der Waals surface area contributed by atoms with E-state index in [9.17, 15) is 18.4 Å². The number of aryl methyl sites for hydroxylation is 1. The van der Waals surface area contributed by atoms with Crippen LogP contribution in [0.3, 0.4) is 0 Å². The SMILES string of the molecule is Cc1ccc(NC(=O)CC(=O)Nc2ccc(F)cc2F)c(Br)c1. The Hall–Kier alpha value is -2.28. The van der Waals surface area contributed by atoms with Crippen LogP contribution in [0.4, 0.5) is 20.2 Å². The molecule has 2 aromatic rings. The van der Waals surface area contributed by atoms with Crippen molar-refractivity contribution >= 4 is 39.1 Å². The van der Waals surface area contributed by atoms with Crippen LogP contribution in [0.25, 0.3) is 0 Å².